The maximum Gasteiger partial charge on any atom is 0.280 e. The molecule has 1 amide bonds. The van der Waals surface area contributed by atoms with E-state index in [1.165, 1.54) is 0 Å². The summed E-state index contributed by atoms with van der Waals surface area (Å²) < 4.78 is 53.4. The van der Waals surface area contributed by atoms with E-state index in [0.717, 1.165) is 16.1 Å². The Kier molecular flexibility index (Phi) is 6.55. The maximum atomic E-state index is 13.3. The number of fused-ring (bicyclic) bond motifs is 1. The van der Waals surface area contributed by atoms with Gasteiger partial charge in [0.1, 0.15) is 11.4 Å². The first kappa shape index (κ1) is 22.8. The molecule has 3 aromatic rings. The highest BCUT2D eigenvalue weighted by molar-refractivity contribution is 6.42. The standard InChI is InChI=1S/C20H17Cl2F4N5O/c21-12-2-1-11(7-13(12)22)10-29-3-5-30(6-4-29)20(32)15-9-17-27-14(18(23)24)8-16(19(25)26)31(17)28-15/h1-2,7-9,18-19H,3-6,10H2. The average Bonchev–Trinajstić information content (AvgIpc) is 3.19. The SMILES string of the molecule is O=C(c1cc2nc(C(F)F)cc(C(F)F)n2n1)N1CCN(Cc2ccc(Cl)c(Cl)c2)CC1. The van der Waals surface area contributed by atoms with Crippen LogP contribution in [0.1, 0.15) is 40.3 Å². The first-order valence-corrected chi connectivity index (χ1v) is 10.4. The van der Waals surface area contributed by atoms with Gasteiger partial charge in [-0.1, -0.05) is 29.3 Å². The third kappa shape index (κ3) is 4.67. The highest BCUT2D eigenvalue weighted by Crippen LogP contribution is 2.26. The Morgan fingerprint density at radius 3 is 2.31 bits per heavy atom. The molecule has 1 aliphatic rings. The molecule has 12 heteroatoms. The molecule has 2 aromatic heterocycles. The number of hydrogen-bond acceptors (Lipinski definition) is 4. The van der Waals surface area contributed by atoms with Crippen molar-refractivity contribution < 1.29 is 22.4 Å². The van der Waals surface area contributed by atoms with Crippen LogP contribution >= 0.6 is 23.2 Å². The van der Waals surface area contributed by atoms with Gasteiger partial charge in [0.25, 0.3) is 18.8 Å². The summed E-state index contributed by atoms with van der Waals surface area (Å²) in [6.07, 6.45) is -6.07. The van der Waals surface area contributed by atoms with Gasteiger partial charge in [0.05, 0.1) is 10.0 Å². The van der Waals surface area contributed by atoms with Crippen molar-refractivity contribution in [2.75, 3.05) is 26.2 Å². The molecule has 4 rings (SSSR count). The fourth-order valence-corrected chi connectivity index (χ4v) is 3.88. The molecular formula is C20H17Cl2F4N5O. The number of alkyl halides is 4. The first-order valence-electron chi connectivity index (χ1n) is 9.65. The van der Waals surface area contributed by atoms with Crippen molar-refractivity contribution in [3.63, 3.8) is 0 Å². The molecule has 3 heterocycles. The van der Waals surface area contributed by atoms with E-state index in [1.54, 1.807) is 17.0 Å². The molecule has 0 aliphatic carbocycles. The van der Waals surface area contributed by atoms with E-state index in [9.17, 15) is 22.4 Å². The molecule has 1 aromatic carbocycles. The summed E-state index contributed by atoms with van der Waals surface area (Å²) in [5.41, 5.74) is -0.887. The van der Waals surface area contributed by atoms with Gasteiger partial charge < -0.3 is 4.90 Å². The number of rotatable bonds is 5. The minimum absolute atomic E-state index is 0.122. The van der Waals surface area contributed by atoms with E-state index in [2.05, 4.69) is 15.0 Å². The molecule has 0 saturated carbocycles. The quantitative estimate of drug-likeness (QED) is 0.479. The van der Waals surface area contributed by atoms with Crippen molar-refractivity contribution >= 4 is 34.8 Å². The molecule has 1 aliphatic heterocycles. The number of piperazine rings is 1. The minimum Gasteiger partial charge on any atom is -0.335 e. The first-order chi connectivity index (χ1) is 15.2. The zero-order valence-electron chi connectivity index (χ0n) is 16.5. The lowest BCUT2D eigenvalue weighted by molar-refractivity contribution is 0.0621. The lowest BCUT2D eigenvalue weighted by Crippen LogP contribution is -2.48. The second-order valence-electron chi connectivity index (χ2n) is 7.32. The van der Waals surface area contributed by atoms with Crippen LogP contribution in [-0.2, 0) is 6.54 Å². The van der Waals surface area contributed by atoms with Gasteiger partial charge in [-0.2, -0.15) is 5.10 Å². The maximum absolute atomic E-state index is 13.3. The predicted molar refractivity (Wildman–Crippen MR) is 111 cm³/mol. The highest BCUT2D eigenvalue weighted by atomic mass is 35.5. The molecular weight excluding hydrogens is 473 g/mol. The summed E-state index contributed by atoms with van der Waals surface area (Å²) in [4.78, 5) is 20.2. The molecule has 0 N–H and O–H groups in total. The van der Waals surface area contributed by atoms with Crippen molar-refractivity contribution in [2.45, 2.75) is 19.4 Å². The molecule has 6 nitrogen and oxygen atoms in total. The molecule has 1 saturated heterocycles. The number of benzene rings is 1. The van der Waals surface area contributed by atoms with Gasteiger partial charge >= 0.3 is 0 Å². The average molecular weight is 490 g/mol. The minimum atomic E-state index is -3.05. The van der Waals surface area contributed by atoms with Crippen LogP contribution in [0.3, 0.4) is 0 Å². The van der Waals surface area contributed by atoms with Crippen LogP contribution in [0.2, 0.25) is 10.0 Å². The van der Waals surface area contributed by atoms with Crippen LogP contribution in [-0.4, -0.2) is 56.5 Å². The third-order valence-corrected chi connectivity index (χ3v) is 5.93. The molecule has 32 heavy (non-hydrogen) atoms. The van der Waals surface area contributed by atoms with Crippen LogP contribution in [0.15, 0.2) is 30.3 Å². The summed E-state index contributed by atoms with van der Waals surface area (Å²) in [6, 6.07) is 7.15. The molecule has 0 spiro atoms. The van der Waals surface area contributed by atoms with Crippen LogP contribution in [0.25, 0.3) is 5.65 Å². The monoisotopic (exact) mass is 489 g/mol. The van der Waals surface area contributed by atoms with E-state index in [0.29, 0.717) is 48.8 Å². The number of hydrogen-bond donors (Lipinski definition) is 0. The van der Waals surface area contributed by atoms with E-state index in [-0.39, 0.29) is 11.3 Å². The van der Waals surface area contributed by atoms with E-state index in [1.807, 2.05) is 6.07 Å². The summed E-state index contributed by atoms with van der Waals surface area (Å²) in [5, 5.41) is 4.86. The zero-order valence-corrected chi connectivity index (χ0v) is 18.0. The summed E-state index contributed by atoms with van der Waals surface area (Å²) in [7, 11) is 0. The summed E-state index contributed by atoms with van der Waals surface area (Å²) in [6.45, 7) is 2.58. The van der Waals surface area contributed by atoms with Crippen molar-refractivity contribution in [2.24, 2.45) is 0 Å². The predicted octanol–water partition coefficient (Wildman–Crippen LogP) is 4.87. The largest absolute Gasteiger partial charge is 0.335 e. The topological polar surface area (TPSA) is 53.7 Å². The van der Waals surface area contributed by atoms with Crippen molar-refractivity contribution in [3.8, 4) is 0 Å². The Labute approximate surface area is 190 Å². The molecule has 0 bridgehead atoms. The van der Waals surface area contributed by atoms with Gasteiger partial charge in [0, 0.05) is 38.8 Å². The molecule has 1 fully saturated rings. The fraction of sp³-hybridized carbons (Fsp3) is 0.350. The van der Waals surface area contributed by atoms with Gasteiger partial charge in [0.15, 0.2) is 11.3 Å². The number of carbonyl (C=O) groups is 1. The van der Waals surface area contributed by atoms with Crippen molar-refractivity contribution in [1.29, 1.82) is 0 Å². The number of carbonyl (C=O) groups excluding carboxylic acids is 1. The summed E-state index contributed by atoms with van der Waals surface area (Å²) in [5.74, 6) is -0.469. The highest BCUT2D eigenvalue weighted by Gasteiger charge is 2.26. The van der Waals surface area contributed by atoms with Crippen molar-refractivity contribution in [3.05, 3.63) is 63.0 Å². The number of halogens is 6. The lowest BCUT2D eigenvalue weighted by atomic mass is 10.2. The Bertz CT molecular complexity index is 1150. The molecule has 0 unspecified atom stereocenters. The smallest absolute Gasteiger partial charge is 0.280 e. The van der Waals surface area contributed by atoms with E-state index < -0.39 is 30.1 Å². The lowest BCUT2D eigenvalue weighted by Gasteiger charge is -2.34. The number of amides is 1. The molecule has 170 valence electrons. The normalized spacial score (nSPS) is 15.3. The second kappa shape index (κ2) is 9.21. The molecule has 0 radical (unpaired) electrons. The van der Waals surface area contributed by atoms with Crippen LogP contribution < -0.4 is 0 Å². The summed E-state index contributed by atoms with van der Waals surface area (Å²) >= 11 is 12.0. The van der Waals surface area contributed by atoms with Crippen LogP contribution in [0.4, 0.5) is 17.6 Å². The van der Waals surface area contributed by atoms with E-state index in [4.69, 9.17) is 23.2 Å². The van der Waals surface area contributed by atoms with Crippen LogP contribution in [0, 0.1) is 0 Å². The molecule has 0 atom stereocenters. The number of aromatic nitrogens is 3. The van der Waals surface area contributed by atoms with Gasteiger partial charge in [-0.3, -0.25) is 9.69 Å². The van der Waals surface area contributed by atoms with Gasteiger partial charge in [-0.15, -0.1) is 0 Å². The third-order valence-electron chi connectivity index (χ3n) is 5.19. The fourth-order valence-electron chi connectivity index (χ4n) is 3.56. The zero-order chi connectivity index (χ0) is 23.0. The van der Waals surface area contributed by atoms with E-state index >= 15 is 0 Å². The van der Waals surface area contributed by atoms with Gasteiger partial charge in [-0.05, 0) is 23.8 Å². The van der Waals surface area contributed by atoms with Crippen LogP contribution in [0.5, 0.6) is 0 Å². The number of nitrogens with zero attached hydrogens (tertiary/aromatic N) is 5. The Balaban J connectivity index is 1.47. The van der Waals surface area contributed by atoms with Crippen molar-refractivity contribution in [1.82, 2.24) is 24.4 Å². The van der Waals surface area contributed by atoms with Gasteiger partial charge in [-0.25, -0.2) is 27.1 Å². The Morgan fingerprint density at radius 1 is 0.969 bits per heavy atom. The van der Waals surface area contributed by atoms with Gasteiger partial charge in [0.2, 0.25) is 0 Å². The second-order valence-corrected chi connectivity index (χ2v) is 8.14. The Morgan fingerprint density at radius 2 is 1.69 bits per heavy atom. The Hall–Kier alpha value is -2.43.